The summed E-state index contributed by atoms with van der Waals surface area (Å²) in [6, 6.07) is 10.9. The van der Waals surface area contributed by atoms with Crippen LogP contribution in [0.15, 0.2) is 47.3 Å². The third-order valence-corrected chi connectivity index (χ3v) is 5.86. The highest BCUT2D eigenvalue weighted by Crippen LogP contribution is 2.23. The Bertz CT molecular complexity index is 1480. The third kappa shape index (κ3) is 4.59. The van der Waals surface area contributed by atoms with Gasteiger partial charge in [-0.15, -0.1) is 10.2 Å². The van der Waals surface area contributed by atoms with E-state index in [0.29, 0.717) is 34.0 Å². The minimum Gasteiger partial charge on any atom is -0.497 e. The second-order valence-electron chi connectivity index (χ2n) is 8.54. The number of carbonyl (C=O) groups excluding carboxylic acids is 2. The highest BCUT2D eigenvalue weighted by molar-refractivity contribution is 5.97. The molecule has 1 atom stereocenters. The Balaban J connectivity index is 1.56. The minimum atomic E-state index is -0.921. The van der Waals surface area contributed by atoms with Crippen molar-refractivity contribution in [1.82, 2.24) is 24.5 Å². The van der Waals surface area contributed by atoms with Gasteiger partial charge in [-0.2, -0.15) is 0 Å². The van der Waals surface area contributed by atoms with E-state index < -0.39 is 17.9 Å². The van der Waals surface area contributed by atoms with Crippen LogP contribution in [0.2, 0.25) is 0 Å². The molecule has 2 aromatic heterocycles. The quantitative estimate of drug-likeness (QED) is 0.370. The number of esters is 1. The topological polar surface area (TPSA) is 126 Å². The fraction of sp³-hybridized carbons (Fsp3) is 0.320. The molecule has 2 aromatic carbocycles. The van der Waals surface area contributed by atoms with Crippen molar-refractivity contribution in [3.8, 4) is 11.5 Å². The Labute approximate surface area is 206 Å². The normalized spacial score (nSPS) is 12.1. The van der Waals surface area contributed by atoms with Crippen molar-refractivity contribution < 1.29 is 23.8 Å². The Kier molecular flexibility index (Phi) is 6.91. The molecule has 0 saturated carbocycles. The smallest absolute Gasteiger partial charge is 0.329 e. The molecule has 4 rings (SSSR count). The number of ether oxygens (including phenoxy) is 3. The first-order chi connectivity index (χ1) is 17.2. The number of rotatable bonds is 8. The fourth-order valence-electron chi connectivity index (χ4n) is 3.87. The summed E-state index contributed by atoms with van der Waals surface area (Å²) in [5.74, 6) is 0.204. The molecular formula is C25H27N5O6. The summed E-state index contributed by atoms with van der Waals surface area (Å²) in [6.07, 6.45) is 0. The maximum Gasteiger partial charge on any atom is 0.329 e. The van der Waals surface area contributed by atoms with E-state index in [-0.39, 0.29) is 23.6 Å². The molecular weight excluding hydrogens is 466 g/mol. The summed E-state index contributed by atoms with van der Waals surface area (Å²) in [5, 5.41) is 11.5. The van der Waals surface area contributed by atoms with Crippen LogP contribution in [0.25, 0.3) is 16.7 Å². The first-order valence-electron chi connectivity index (χ1n) is 11.3. The molecule has 0 saturated heterocycles. The third-order valence-electron chi connectivity index (χ3n) is 5.86. The zero-order valence-corrected chi connectivity index (χ0v) is 20.6. The van der Waals surface area contributed by atoms with Crippen LogP contribution in [0.3, 0.4) is 0 Å². The number of aryl methyl sites for hydroxylation is 1. The first kappa shape index (κ1) is 24.7. The average Bonchev–Trinajstić information content (AvgIpc) is 3.32. The SMILES string of the molecule is COc1cc(OC)cc(C(=O)N[C@H](C(=O)OCc2nnc3n(C)c(=O)c4ccccc4n23)C(C)C)c1. The predicted molar refractivity (Wildman–Crippen MR) is 131 cm³/mol. The van der Waals surface area contributed by atoms with Gasteiger partial charge < -0.3 is 19.5 Å². The van der Waals surface area contributed by atoms with Crippen LogP contribution >= 0.6 is 0 Å². The van der Waals surface area contributed by atoms with E-state index in [1.54, 1.807) is 67.8 Å². The second-order valence-corrected chi connectivity index (χ2v) is 8.54. The Hall–Kier alpha value is -4.41. The van der Waals surface area contributed by atoms with Crippen LogP contribution in [0, 0.1) is 5.92 Å². The molecule has 2 heterocycles. The lowest BCUT2D eigenvalue weighted by Crippen LogP contribution is -2.45. The number of nitrogens with one attached hydrogen (secondary N) is 1. The van der Waals surface area contributed by atoms with Crippen molar-refractivity contribution in [2.24, 2.45) is 13.0 Å². The number of methoxy groups -OCH3 is 2. The Morgan fingerprint density at radius 3 is 2.33 bits per heavy atom. The molecule has 0 bridgehead atoms. The van der Waals surface area contributed by atoms with Gasteiger partial charge >= 0.3 is 5.97 Å². The van der Waals surface area contributed by atoms with Gasteiger partial charge in [-0.3, -0.25) is 18.6 Å². The molecule has 0 spiro atoms. The highest BCUT2D eigenvalue weighted by atomic mass is 16.5. The Morgan fingerprint density at radius 2 is 1.69 bits per heavy atom. The second kappa shape index (κ2) is 10.1. The first-order valence-corrected chi connectivity index (χ1v) is 11.3. The highest BCUT2D eigenvalue weighted by Gasteiger charge is 2.27. The number of aromatic nitrogens is 4. The summed E-state index contributed by atoms with van der Waals surface area (Å²) in [7, 11) is 4.58. The average molecular weight is 494 g/mol. The number of hydrogen-bond acceptors (Lipinski definition) is 8. The van der Waals surface area contributed by atoms with Crippen molar-refractivity contribution in [3.63, 3.8) is 0 Å². The minimum absolute atomic E-state index is 0.200. The van der Waals surface area contributed by atoms with Crippen LogP contribution in [-0.2, 0) is 23.2 Å². The molecule has 4 aromatic rings. The van der Waals surface area contributed by atoms with Crippen LogP contribution in [0.4, 0.5) is 0 Å². The molecule has 188 valence electrons. The van der Waals surface area contributed by atoms with Gasteiger partial charge in [0.05, 0.1) is 25.1 Å². The molecule has 0 unspecified atom stereocenters. The van der Waals surface area contributed by atoms with Crippen molar-refractivity contribution in [2.45, 2.75) is 26.5 Å². The number of benzene rings is 2. The molecule has 1 N–H and O–H groups in total. The van der Waals surface area contributed by atoms with Gasteiger partial charge in [0.15, 0.2) is 12.4 Å². The van der Waals surface area contributed by atoms with E-state index in [1.165, 1.54) is 18.8 Å². The van der Waals surface area contributed by atoms with E-state index in [9.17, 15) is 14.4 Å². The largest absolute Gasteiger partial charge is 0.497 e. The van der Waals surface area contributed by atoms with Gasteiger partial charge in [0.2, 0.25) is 5.78 Å². The molecule has 0 aliphatic heterocycles. The van der Waals surface area contributed by atoms with Crippen molar-refractivity contribution in [1.29, 1.82) is 0 Å². The lowest BCUT2D eigenvalue weighted by atomic mass is 10.0. The maximum absolute atomic E-state index is 13.0. The molecule has 0 aliphatic rings. The summed E-state index contributed by atoms with van der Waals surface area (Å²) < 4.78 is 19.1. The van der Waals surface area contributed by atoms with Crippen molar-refractivity contribution in [2.75, 3.05) is 14.2 Å². The van der Waals surface area contributed by atoms with E-state index in [0.717, 1.165) is 0 Å². The van der Waals surface area contributed by atoms with Crippen LogP contribution in [0.1, 0.15) is 30.0 Å². The molecule has 0 aliphatic carbocycles. The zero-order valence-electron chi connectivity index (χ0n) is 20.6. The van der Waals surface area contributed by atoms with Gasteiger partial charge in [-0.05, 0) is 30.2 Å². The number of para-hydroxylation sites is 1. The van der Waals surface area contributed by atoms with Gasteiger partial charge in [-0.25, -0.2) is 4.79 Å². The van der Waals surface area contributed by atoms with E-state index in [1.807, 2.05) is 0 Å². The standard InChI is InChI=1S/C25H27N5O6/c1-14(2)21(26-22(31)15-10-16(34-4)12-17(11-15)35-5)24(33)36-13-20-27-28-25-29(3)23(32)18-8-6-7-9-19(18)30(20)25/h6-12,14,21H,13H2,1-5H3,(H,26,31)/t21-/m0/s1. The summed E-state index contributed by atoms with van der Waals surface area (Å²) in [6.45, 7) is 3.40. The lowest BCUT2D eigenvalue weighted by Gasteiger charge is -2.21. The van der Waals surface area contributed by atoms with Crippen molar-refractivity contribution in [3.05, 3.63) is 64.2 Å². The fourth-order valence-corrected chi connectivity index (χ4v) is 3.87. The molecule has 11 heteroatoms. The van der Waals surface area contributed by atoms with E-state index >= 15 is 0 Å². The molecule has 11 nitrogen and oxygen atoms in total. The molecule has 36 heavy (non-hydrogen) atoms. The molecule has 1 amide bonds. The van der Waals surface area contributed by atoms with Gasteiger partial charge in [-0.1, -0.05) is 26.0 Å². The van der Waals surface area contributed by atoms with Crippen LogP contribution in [-0.4, -0.2) is 51.3 Å². The van der Waals surface area contributed by atoms with E-state index in [2.05, 4.69) is 15.5 Å². The summed E-state index contributed by atoms with van der Waals surface area (Å²) >= 11 is 0. The summed E-state index contributed by atoms with van der Waals surface area (Å²) in [4.78, 5) is 38.6. The lowest BCUT2D eigenvalue weighted by molar-refractivity contribution is -0.148. The number of nitrogens with zero attached hydrogens (tertiary/aromatic N) is 4. The van der Waals surface area contributed by atoms with E-state index in [4.69, 9.17) is 14.2 Å². The predicted octanol–water partition coefficient (Wildman–Crippen LogP) is 2.10. The molecule has 0 fully saturated rings. The van der Waals surface area contributed by atoms with Gasteiger partial charge in [0, 0.05) is 18.7 Å². The van der Waals surface area contributed by atoms with Crippen molar-refractivity contribution >= 4 is 28.6 Å². The number of fused-ring (bicyclic) bond motifs is 3. The zero-order chi connectivity index (χ0) is 26.0. The Morgan fingerprint density at radius 1 is 1.03 bits per heavy atom. The number of amides is 1. The van der Waals surface area contributed by atoms with Crippen LogP contribution < -0.4 is 20.3 Å². The maximum atomic E-state index is 13.0. The summed E-state index contributed by atoms with van der Waals surface area (Å²) in [5.41, 5.74) is 0.679. The molecule has 0 radical (unpaired) electrons. The van der Waals surface area contributed by atoms with Gasteiger partial charge in [0.1, 0.15) is 17.5 Å². The monoisotopic (exact) mass is 493 g/mol. The number of carbonyl (C=O) groups is 2. The van der Waals surface area contributed by atoms with Gasteiger partial charge in [0.25, 0.3) is 11.5 Å². The van der Waals surface area contributed by atoms with Crippen LogP contribution in [0.5, 0.6) is 11.5 Å². The number of hydrogen-bond donors (Lipinski definition) is 1.